The lowest BCUT2D eigenvalue weighted by Crippen LogP contribution is -2.37. The molecule has 0 fully saturated rings. The number of allylic oxidation sites excluding steroid dienone is 1. The quantitative estimate of drug-likeness (QED) is 0.463. The summed E-state index contributed by atoms with van der Waals surface area (Å²) in [7, 11) is 0. The van der Waals surface area contributed by atoms with Crippen LogP contribution in [0.4, 0.5) is 0 Å². The second-order valence-corrected chi connectivity index (χ2v) is 6.93. The zero-order chi connectivity index (χ0) is 16.1. The molecule has 0 saturated heterocycles. The molecule has 1 aromatic heterocycles. The van der Waals surface area contributed by atoms with Crippen LogP contribution >= 0.6 is 23.5 Å². The topological polar surface area (TPSA) is 20.9 Å². The molecule has 0 amide bonds. The summed E-state index contributed by atoms with van der Waals surface area (Å²) in [5.74, 6) is 0.0503. The third-order valence-corrected chi connectivity index (χ3v) is 5.34. The highest BCUT2D eigenvalue weighted by Crippen LogP contribution is 2.29. The third kappa shape index (κ3) is 3.81. The number of carbonyl (C=O) groups is 1. The number of aryl methyl sites for hydroxylation is 2. The van der Waals surface area contributed by atoms with Crippen LogP contribution in [0.2, 0.25) is 0 Å². The van der Waals surface area contributed by atoms with Crippen molar-refractivity contribution in [2.24, 2.45) is 0 Å². The number of thioether (sulfide) groups is 2. The zero-order valence-corrected chi connectivity index (χ0v) is 14.9. The van der Waals surface area contributed by atoms with Crippen molar-refractivity contribution in [2.75, 3.05) is 12.5 Å². The van der Waals surface area contributed by atoms with E-state index in [-0.39, 0.29) is 5.78 Å². The van der Waals surface area contributed by atoms with Crippen LogP contribution in [0.15, 0.2) is 53.0 Å². The molecule has 2 aromatic rings. The van der Waals surface area contributed by atoms with Crippen molar-refractivity contribution in [3.63, 3.8) is 0 Å². The first-order valence-electron chi connectivity index (χ1n) is 6.98. The Morgan fingerprint density at radius 3 is 2.00 bits per heavy atom. The van der Waals surface area contributed by atoms with Gasteiger partial charge < -0.3 is 0 Å². The van der Waals surface area contributed by atoms with Gasteiger partial charge in [-0.25, -0.2) is 0 Å². The van der Waals surface area contributed by atoms with Crippen molar-refractivity contribution in [1.82, 2.24) is 0 Å². The van der Waals surface area contributed by atoms with Gasteiger partial charge >= 0.3 is 0 Å². The first-order valence-corrected chi connectivity index (χ1v) is 9.43. The van der Waals surface area contributed by atoms with Crippen molar-refractivity contribution in [3.05, 3.63) is 69.7 Å². The lowest BCUT2D eigenvalue weighted by atomic mass is 10.1. The van der Waals surface area contributed by atoms with Gasteiger partial charge in [0.05, 0.1) is 0 Å². The van der Waals surface area contributed by atoms with Crippen molar-refractivity contribution in [1.29, 1.82) is 0 Å². The summed E-state index contributed by atoms with van der Waals surface area (Å²) in [6.07, 6.45) is 8.03. The normalized spacial score (nSPS) is 10.4. The van der Waals surface area contributed by atoms with E-state index in [0.29, 0.717) is 5.56 Å². The maximum Gasteiger partial charge on any atom is 0.279 e. The Balaban J connectivity index is 2.63. The molecule has 114 valence electrons. The molecule has 0 aliphatic heterocycles. The molecule has 0 aliphatic carbocycles. The van der Waals surface area contributed by atoms with E-state index in [9.17, 15) is 4.79 Å². The third-order valence-electron chi connectivity index (χ3n) is 3.21. The summed E-state index contributed by atoms with van der Waals surface area (Å²) in [6.45, 7) is 4.10. The predicted octanol–water partition coefficient (Wildman–Crippen LogP) is 4.33. The number of ketones is 1. The fourth-order valence-electron chi connectivity index (χ4n) is 2.36. The molecule has 2 nitrogen and oxygen atoms in total. The molecule has 0 bridgehead atoms. The summed E-state index contributed by atoms with van der Waals surface area (Å²) in [4.78, 5) is 13.0. The molecule has 4 heteroatoms. The van der Waals surface area contributed by atoms with Crippen LogP contribution in [0.5, 0.6) is 0 Å². The number of hydrogen-bond acceptors (Lipinski definition) is 3. The summed E-state index contributed by atoms with van der Waals surface area (Å²) in [5.41, 5.74) is 3.71. The van der Waals surface area contributed by atoms with Gasteiger partial charge in [0.25, 0.3) is 11.5 Å². The van der Waals surface area contributed by atoms with E-state index in [2.05, 4.69) is 6.07 Å². The minimum absolute atomic E-state index is 0.0503. The van der Waals surface area contributed by atoms with E-state index in [1.54, 1.807) is 23.5 Å². The van der Waals surface area contributed by atoms with Crippen molar-refractivity contribution >= 4 is 35.0 Å². The molecule has 1 heterocycles. The fraction of sp³-hybridized carbons (Fsp3) is 0.222. The number of Topliss-reactive ketones (excluding diaryl/α,β-unsaturated/α-hetero) is 1. The van der Waals surface area contributed by atoms with E-state index >= 15 is 0 Å². The second-order valence-electron chi connectivity index (χ2n) is 5.04. The Morgan fingerprint density at radius 2 is 1.50 bits per heavy atom. The number of hydrogen-bond donors (Lipinski definition) is 0. The maximum atomic E-state index is 13.0. The Bertz CT molecular complexity index is 682. The van der Waals surface area contributed by atoms with Crippen LogP contribution in [-0.2, 0) is 0 Å². The molecule has 1 aromatic carbocycles. The number of aromatic nitrogens is 1. The SMILES string of the molecule is CSC(SC)=C(C(=O)c1ccccc1)[n+]1cc(C)cc(C)c1. The van der Waals surface area contributed by atoms with Gasteiger partial charge in [-0.15, -0.1) is 23.5 Å². The first kappa shape index (κ1) is 16.8. The molecular weight excluding hydrogens is 310 g/mol. The van der Waals surface area contributed by atoms with E-state index in [4.69, 9.17) is 0 Å². The molecular formula is C18H20NOS2+. The molecule has 0 N–H and O–H groups in total. The largest absolute Gasteiger partial charge is 0.282 e. The molecule has 0 spiro atoms. The fourth-order valence-corrected chi connectivity index (χ4v) is 3.81. The number of nitrogens with zero attached hydrogens (tertiary/aromatic N) is 1. The zero-order valence-electron chi connectivity index (χ0n) is 13.3. The van der Waals surface area contributed by atoms with Crippen LogP contribution < -0.4 is 4.57 Å². The smallest absolute Gasteiger partial charge is 0.279 e. The van der Waals surface area contributed by atoms with Crippen LogP contribution in [-0.4, -0.2) is 18.3 Å². The minimum Gasteiger partial charge on any atom is -0.282 e. The number of rotatable bonds is 5. The van der Waals surface area contributed by atoms with Gasteiger partial charge in [0.15, 0.2) is 12.4 Å². The van der Waals surface area contributed by atoms with Gasteiger partial charge in [0, 0.05) is 16.7 Å². The molecule has 0 unspecified atom stereocenters. The predicted molar refractivity (Wildman–Crippen MR) is 97.1 cm³/mol. The van der Waals surface area contributed by atoms with Gasteiger partial charge in [0.2, 0.25) is 0 Å². The van der Waals surface area contributed by atoms with Crippen molar-refractivity contribution in [3.8, 4) is 0 Å². The monoisotopic (exact) mass is 330 g/mol. The molecule has 2 rings (SSSR count). The second kappa shape index (κ2) is 7.65. The molecule has 0 saturated carbocycles. The Kier molecular flexibility index (Phi) is 5.86. The Hall–Kier alpha value is -1.52. The Morgan fingerprint density at radius 1 is 0.955 bits per heavy atom. The summed E-state index contributed by atoms with van der Waals surface area (Å²) < 4.78 is 2.98. The van der Waals surface area contributed by atoms with Gasteiger partial charge in [-0.2, -0.15) is 4.57 Å². The van der Waals surface area contributed by atoms with Crippen molar-refractivity contribution < 1.29 is 9.36 Å². The Labute approximate surface area is 140 Å². The van der Waals surface area contributed by atoms with Gasteiger partial charge in [-0.1, -0.05) is 30.3 Å². The van der Waals surface area contributed by atoms with Crippen LogP contribution in [0.25, 0.3) is 5.70 Å². The lowest BCUT2D eigenvalue weighted by molar-refractivity contribution is -0.577. The summed E-state index contributed by atoms with van der Waals surface area (Å²) >= 11 is 3.22. The standard InChI is InChI=1S/C18H20NOS2/c1-13-10-14(2)12-19(11-13)16(18(21-3)22-4)17(20)15-8-6-5-7-9-15/h5-12H,1-4H3/q+1. The number of pyridine rings is 1. The highest BCUT2D eigenvalue weighted by Gasteiger charge is 2.26. The van der Waals surface area contributed by atoms with E-state index < -0.39 is 0 Å². The van der Waals surface area contributed by atoms with Gasteiger partial charge in [-0.05, 0) is 32.4 Å². The van der Waals surface area contributed by atoms with Gasteiger partial charge in [0.1, 0.15) is 4.24 Å². The summed E-state index contributed by atoms with van der Waals surface area (Å²) in [6, 6.07) is 11.6. The minimum atomic E-state index is 0.0503. The average Bonchev–Trinajstić information content (AvgIpc) is 2.51. The van der Waals surface area contributed by atoms with Crippen molar-refractivity contribution in [2.45, 2.75) is 13.8 Å². The number of benzene rings is 1. The summed E-state index contributed by atoms with van der Waals surface area (Å²) in [5, 5.41) is 0. The van der Waals surface area contributed by atoms with E-state index in [0.717, 1.165) is 21.1 Å². The lowest BCUT2D eigenvalue weighted by Gasteiger charge is -2.07. The highest BCUT2D eigenvalue weighted by atomic mass is 32.2. The van der Waals surface area contributed by atoms with Gasteiger partial charge in [-0.3, -0.25) is 4.79 Å². The molecule has 0 aliphatic rings. The van der Waals surface area contributed by atoms with Crippen LogP contribution in [0.3, 0.4) is 0 Å². The maximum absolute atomic E-state index is 13.0. The number of carbonyl (C=O) groups excluding carboxylic acids is 1. The first-order chi connectivity index (χ1) is 10.6. The molecule has 0 radical (unpaired) electrons. The molecule has 22 heavy (non-hydrogen) atoms. The van der Waals surface area contributed by atoms with E-state index in [1.165, 1.54) is 0 Å². The van der Waals surface area contributed by atoms with Crippen LogP contribution in [0.1, 0.15) is 21.5 Å². The average molecular weight is 330 g/mol. The van der Waals surface area contributed by atoms with Crippen LogP contribution in [0, 0.1) is 13.8 Å². The van der Waals surface area contributed by atoms with E-state index in [1.807, 2.05) is 73.7 Å². The highest BCUT2D eigenvalue weighted by molar-refractivity contribution is 8.21. The molecule has 0 atom stereocenters.